The van der Waals surface area contributed by atoms with Crippen molar-refractivity contribution in [3.8, 4) is 0 Å². The van der Waals surface area contributed by atoms with Gasteiger partial charge in [-0.05, 0) is 41.8 Å². The highest BCUT2D eigenvalue weighted by Crippen LogP contribution is 2.13. The Morgan fingerprint density at radius 1 is 1.43 bits per heavy atom. The summed E-state index contributed by atoms with van der Waals surface area (Å²) in [5, 5.41) is 7.19. The molecule has 2 aromatic heterocycles. The third-order valence-corrected chi connectivity index (χ3v) is 4.63. The molecule has 6 heteroatoms. The highest BCUT2D eigenvalue weighted by atomic mass is 32.1. The number of rotatable bonds is 6. The van der Waals surface area contributed by atoms with E-state index in [2.05, 4.69) is 27.0 Å². The molecule has 5 nitrogen and oxygen atoms in total. The van der Waals surface area contributed by atoms with Crippen molar-refractivity contribution in [3.05, 3.63) is 46.0 Å². The number of nitrogens with one attached hydrogen (secondary N) is 1. The van der Waals surface area contributed by atoms with Crippen LogP contribution in [-0.2, 0) is 17.7 Å². The molecule has 1 N–H and O–H groups in total. The Balaban J connectivity index is 1.51. The van der Waals surface area contributed by atoms with Crippen LogP contribution in [-0.4, -0.2) is 43.2 Å². The maximum absolute atomic E-state index is 12.3. The molecule has 1 atom stereocenters. The molecule has 0 aromatic carbocycles. The van der Waals surface area contributed by atoms with Crippen LogP contribution in [0.3, 0.4) is 0 Å². The summed E-state index contributed by atoms with van der Waals surface area (Å²) in [7, 11) is 0. The summed E-state index contributed by atoms with van der Waals surface area (Å²) in [6, 6.07) is 4.02. The normalized spacial score (nSPS) is 17.1. The van der Waals surface area contributed by atoms with Gasteiger partial charge in [-0.3, -0.25) is 9.69 Å². The Morgan fingerprint density at radius 2 is 2.26 bits per heavy atom. The third kappa shape index (κ3) is 4.67. The first kappa shape index (κ1) is 16.2. The quantitative estimate of drug-likeness (QED) is 0.882. The first-order valence-electron chi connectivity index (χ1n) is 7.90. The average Bonchev–Trinajstić information content (AvgIpc) is 3.20. The van der Waals surface area contributed by atoms with Crippen LogP contribution >= 0.6 is 11.3 Å². The fourth-order valence-corrected chi connectivity index (χ4v) is 3.36. The fraction of sp³-hybridized carbons (Fsp3) is 0.471. The summed E-state index contributed by atoms with van der Waals surface area (Å²) in [6.07, 6.45) is 2.39. The lowest BCUT2D eigenvalue weighted by Crippen LogP contribution is -2.35. The number of hydrogen-bond acceptors (Lipinski definition) is 5. The zero-order valence-electron chi connectivity index (χ0n) is 13.3. The van der Waals surface area contributed by atoms with Gasteiger partial charge in [-0.1, -0.05) is 0 Å². The molecule has 1 aliphatic rings. The van der Waals surface area contributed by atoms with Gasteiger partial charge in [0.2, 0.25) is 0 Å². The van der Waals surface area contributed by atoms with Gasteiger partial charge in [-0.25, -0.2) is 0 Å². The minimum Gasteiger partial charge on any atom is -0.467 e. The number of morpholine rings is 1. The van der Waals surface area contributed by atoms with Crippen LogP contribution in [0, 0.1) is 0 Å². The lowest BCUT2D eigenvalue weighted by atomic mass is 10.1. The minimum absolute atomic E-state index is 0.0790. The molecule has 2 aromatic rings. The van der Waals surface area contributed by atoms with Crippen LogP contribution < -0.4 is 5.32 Å². The summed E-state index contributed by atoms with van der Waals surface area (Å²) in [4.78, 5) is 14.6. The molecule has 1 amide bonds. The van der Waals surface area contributed by atoms with E-state index >= 15 is 0 Å². The minimum atomic E-state index is -0.0790. The Labute approximate surface area is 140 Å². The maximum atomic E-state index is 12.3. The maximum Gasteiger partial charge on any atom is 0.254 e. The van der Waals surface area contributed by atoms with Gasteiger partial charge in [0.25, 0.3) is 5.91 Å². The van der Waals surface area contributed by atoms with E-state index in [1.807, 2.05) is 13.0 Å². The Kier molecular flexibility index (Phi) is 5.48. The predicted octanol–water partition coefficient (Wildman–Crippen LogP) is 2.53. The summed E-state index contributed by atoms with van der Waals surface area (Å²) >= 11 is 1.68. The number of hydrogen-bond donors (Lipinski definition) is 1. The van der Waals surface area contributed by atoms with Gasteiger partial charge in [-0.15, -0.1) is 0 Å². The van der Waals surface area contributed by atoms with E-state index < -0.39 is 0 Å². The second-order valence-corrected chi connectivity index (χ2v) is 6.68. The van der Waals surface area contributed by atoms with Gasteiger partial charge in [0.15, 0.2) is 0 Å². The molecule has 1 aliphatic heterocycles. The standard InChI is InChI=1S/C17H22N2O3S/c1-13(8-14-2-7-23-12-14)18-17(20)15-9-16(22-11-15)10-19-3-5-21-6-4-19/h2,7,9,11-13H,3-6,8,10H2,1H3,(H,18,20)/t13-/m0/s1. The summed E-state index contributed by atoms with van der Waals surface area (Å²) < 4.78 is 10.9. The van der Waals surface area contributed by atoms with E-state index in [0.717, 1.165) is 45.0 Å². The molecule has 0 aliphatic carbocycles. The molecular weight excluding hydrogens is 312 g/mol. The molecule has 23 heavy (non-hydrogen) atoms. The molecule has 0 bridgehead atoms. The van der Waals surface area contributed by atoms with E-state index in [0.29, 0.717) is 5.56 Å². The number of amides is 1. The number of nitrogens with zero attached hydrogens (tertiary/aromatic N) is 1. The summed E-state index contributed by atoms with van der Waals surface area (Å²) in [5.41, 5.74) is 1.84. The number of ether oxygens (including phenoxy) is 1. The van der Waals surface area contributed by atoms with Crippen molar-refractivity contribution >= 4 is 17.2 Å². The second-order valence-electron chi connectivity index (χ2n) is 5.90. The number of carbonyl (C=O) groups is 1. The molecule has 0 radical (unpaired) electrons. The third-order valence-electron chi connectivity index (χ3n) is 3.90. The summed E-state index contributed by atoms with van der Waals surface area (Å²) in [5.74, 6) is 0.743. The van der Waals surface area contributed by atoms with Crippen molar-refractivity contribution < 1.29 is 13.9 Å². The van der Waals surface area contributed by atoms with Gasteiger partial charge >= 0.3 is 0 Å². The smallest absolute Gasteiger partial charge is 0.254 e. The van der Waals surface area contributed by atoms with E-state index in [9.17, 15) is 4.79 Å². The predicted molar refractivity (Wildman–Crippen MR) is 89.8 cm³/mol. The molecular formula is C17H22N2O3S. The van der Waals surface area contributed by atoms with Gasteiger partial charge in [0, 0.05) is 19.1 Å². The van der Waals surface area contributed by atoms with Gasteiger partial charge < -0.3 is 14.5 Å². The Hall–Kier alpha value is -1.63. The molecule has 0 spiro atoms. The number of furan rings is 1. The van der Waals surface area contributed by atoms with E-state index in [4.69, 9.17) is 9.15 Å². The van der Waals surface area contributed by atoms with Crippen molar-refractivity contribution in [2.45, 2.75) is 25.9 Å². The van der Waals surface area contributed by atoms with Crippen LogP contribution in [0.25, 0.3) is 0 Å². The molecule has 1 fully saturated rings. The van der Waals surface area contributed by atoms with Crippen molar-refractivity contribution in [1.82, 2.24) is 10.2 Å². The van der Waals surface area contributed by atoms with Crippen LogP contribution in [0.4, 0.5) is 0 Å². The highest BCUT2D eigenvalue weighted by Gasteiger charge is 2.16. The molecule has 1 saturated heterocycles. The SMILES string of the molecule is C[C@@H](Cc1ccsc1)NC(=O)c1coc(CN2CCOCC2)c1. The van der Waals surface area contributed by atoms with Crippen LogP contribution in [0.5, 0.6) is 0 Å². The highest BCUT2D eigenvalue weighted by molar-refractivity contribution is 7.07. The zero-order valence-corrected chi connectivity index (χ0v) is 14.1. The monoisotopic (exact) mass is 334 g/mol. The van der Waals surface area contributed by atoms with Crippen molar-refractivity contribution in [2.24, 2.45) is 0 Å². The Morgan fingerprint density at radius 3 is 3.00 bits per heavy atom. The van der Waals surface area contributed by atoms with Crippen LogP contribution in [0.15, 0.2) is 33.6 Å². The van der Waals surface area contributed by atoms with E-state index in [1.54, 1.807) is 17.6 Å². The average molecular weight is 334 g/mol. The van der Waals surface area contributed by atoms with Crippen molar-refractivity contribution in [3.63, 3.8) is 0 Å². The van der Waals surface area contributed by atoms with Crippen molar-refractivity contribution in [2.75, 3.05) is 26.3 Å². The second kappa shape index (κ2) is 7.77. The van der Waals surface area contributed by atoms with Gasteiger partial charge in [0.05, 0.1) is 25.3 Å². The summed E-state index contributed by atoms with van der Waals surface area (Å²) in [6.45, 7) is 6.06. The topological polar surface area (TPSA) is 54.7 Å². The van der Waals surface area contributed by atoms with Crippen LogP contribution in [0.1, 0.15) is 28.6 Å². The lowest BCUT2D eigenvalue weighted by molar-refractivity contribution is 0.0313. The van der Waals surface area contributed by atoms with Gasteiger partial charge in [-0.2, -0.15) is 11.3 Å². The molecule has 0 unspecified atom stereocenters. The fourth-order valence-electron chi connectivity index (χ4n) is 2.68. The van der Waals surface area contributed by atoms with E-state index in [-0.39, 0.29) is 11.9 Å². The first-order valence-corrected chi connectivity index (χ1v) is 8.84. The number of thiophene rings is 1. The molecule has 124 valence electrons. The van der Waals surface area contributed by atoms with E-state index in [1.165, 1.54) is 5.56 Å². The zero-order chi connectivity index (χ0) is 16.1. The lowest BCUT2D eigenvalue weighted by Gasteiger charge is -2.25. The molecule has 3 rings (SSSR count). The Bertz CT molecular complexity index is 618. The first-order chi connectivity index (χ1) is 11.2. The van der Waals surface area contributed by atoms with Gasteiger partial charge in [0.1, 0.15) is 12.0 Å². The number of carbonyl (C=O) groups excluding carboxylic acids is 1. The molecule has 0 saturated carbocycles. The molecule has 3 heterocycles. The largest absolute Gasteiger partial charge is 0.467 e. The van der Waals surface area contributed by atoms with Crippen LogP contribution in [0.2, 0.25) is 0 Å². The van der Waals surface area contributed by atoms with Crippen molar-refractivity contribution in [1.29, 1.82) is 0 Å².